The van der Waals surface area contributed by atoms with Gasteiger partial charge in [-0.3, -0.25) is 4.79 Å². The molecule has 0 saturated heterocycles. The Balaban J connectivity index is 1.49. The summed E-state index contributed by atoms with van der Waals surface area (Å²) in [7, 11) is 3.14. The SMILES string of the molecule is COc1cc2c(cc1OC)C(=O)C(=Cc1ccccc1OCC[C@@H](O)c1ccccc1)C2. The molecule has 0 bridgehead atoms. The van der Waals surface area contributed by atoms with E-state index < -0.39 is 6.10 Å². The van der Waals surface area contributed by atoms with Crippen molar-refractivity contribution in [1.29, 1.82) is 0 Å². The highest BCUT2D eigenvalue weighted by atomic mass is 16.5. The molecule has 1 aliphatic carbocycles. The van der Waals surface area contributed by atoms with E-state index in [9.17, 15) is 9.90 Å². The van der Waals surface area contributed by atoms with Crippen molar-refractivity contribution in [3.63, 3.8) is 0 Å². The van der Waals surface area contributed by atoms with Gasteiger partial charge in [0.25, 0.3) is 0 Å². The molecule has 0 fully saturated rings. The minimum atomic E-state index is -0.586. The highest BCUT2D eigenvalue weighted by Gasteiger charge is 2.27. The van der Waals surface area contributed by atoms with E-state index in [4.69, 9.17) is 14.2 Å². The van der Waals surface area contributed by atoms with Gasteiger partial charge in [0.15, 0.2) is 17.3 Å². The van der Waals surface area contributed by atoms with Crippen LogP contribution in [0.3, 0.4) is 0 Å². The van der Waals surface area contributed by atoms with Gasteiger partial charge < -0.3 is 19.3 Å². The van der Waals surface area contributed by atoms with Gasteiger partial charge in [0.1, 0.15) is 5.75 Å². The van der Waals surface area contributed by atoms with E-state index in [1.54, 1.807) is 20.3 Å². The summed E-state index contributed by atoms with van der Waals surface area (Å²) in [5, 5.41) is 10.4. The lowest BCUT2D eigenvalue weighted by Crippen LogP contribution is -2.06. The summed E-state index contributed by atoms with van der Waals surface area (Å²) >= 11 is 0. The van der Waals surface area contributed by atoms with Gasteiger partial charge in [-0.1, -0.05) is 48.5 Å². The molecule has 5 heteroatoms. The molecule has 0 heterocycles. The fourth-order valence-corrected chi connectivity index (χ4v) is 3.90. The van der Waals surface area contributed by atoms with Crippen LogP contribution in [0.4, 0.5) is 0 Å². The molecule has 0 radical (unpaired) electrons. The zero-order valence-corrected chi connectivity index (χ0v) is 18.2. The molecule has 1 atom stereocenters. The van der Waals surface area contributed by atoms with Crippen LogP contribution in [0.25, 0.3) is 6.08 Å². The Labute approximate surface area is 187 Å². The normalized spacial score (nSPS) is 14.8. The molecule has 0 amide bonds. The Hall–Kier alpha value is -3.57. The maximum absolute atomic E-state index is 13.0. The van der Waals surface area contributed by atoms with Crippen LogP contribution in [0.15, 0.2) is 72.3 Å². The van der Waals surface area contributed by atoms with E-state index in [1.807, 2.05) is 66.7 Å². The molecule has 1 N–H and O–H groups in total. The second-order valence-corrected chi connectivity index (χ2v) is 7.64. The number of para-hydroxylation sites is 1. The second kappa shape index (κ2) is 9.71. The first-order valence-corrected chi connectivity index (χ1v) is 10.6. The highest BCUT2D eigenvalue weighted by molar-refractivity contribution is 6.16. The number of hydrogen-bond donors (Lipinski definition) is 1. The third-order valence-electron chi connectivity index (χ3n) is 5.61. The summed E-state index contributed by atoms with van der Waals surface area (Å²) in [6.07, 6.45) is 2.29. The van der Waals surface area contributed by atoms with Gasteiger partial charge in [-0.15, -0.1) is 0 Å². The van der Waals surface area contributed by atoms with Crippen LogP contribution in [-0.4, -0.2) is 31.7 Å². The number of rotatable bonds is 8. The summed E-state index contributed by atoms with van der Waals surface area (Å²) in [6, 6.07) is 20.7. The van der Waals surface area contributed by atoms with Gasteiger partial charge in [-0.25, -0.2) is 0 Å². The quantitative estimate of drug-likeness (QED) is 0.508. The predicted molar refractivity (Wildman–Crippen MR) is 124 cm³/mol. The van der Waals surface area contributed by atoms with Crippen LogP contribution in [0.5, 0.6) is 17.2 Å². The summed E-state index contributed by atoms with van der Waals surface area (Å²) in [6.45, 7) is 0.360. The lowest BCUT2D eigenvalue weighted by atomic mass is 10.1. The van der Waals surface area contributed by atoms with Crippen molar-refractivity contribution in [1.82, 2.24) is 0 Å². The fraction of sp³-hybridized carbons (Fsp3) is 0.222. The number of fused-ring (bicyclic) bond motifs is 1. The van der Waals surface area contributed by atoms with Gasteiger partial charge in [0, 0.05) is 29.5 Å². The first-order chi connectivity index (χ1) is 15.6. The van der Waals surface area contributed by atoms with Crippen LogP contribution < -0.4 is 14.2 Å². The molecule has 4 rings (SSSR count). The molecule has 3 aromatic rings. The van der Waals surface area contributed by atoms with E-state index in [2.05, 4.69) is 0 Å². The zero-order valence-electron chi connectivity index (χ0n) is 18.2. The van der Waals surface area contributed by atoms with E-state index in [0.717, 1.165) is 16.7 Å². The van der Waals surface area contributed by atoms with Crippen LogP contribution in [0.1, 0.15) is 39.6 Å². The maximum Gasteiger partial charge on any atom is 0.189 e. The van der Waals surface area contributed by atoms with Crippen molar-refractivity contribution in [3.05, 3.63) is 94.6 Å². The van der Waals surface area contributed by atoms with Crippen molar-refractivity contribution in [3.8, 4) is 17.2 Å². The Morgan fingerprint density at radius 3 is 2.38 bits per heavy atom. The van der Waals surface area contributed by atoms with E-state index in [0.29, 0.717) is 47.8 Å². The molecule has 3 aromatic carbocycles. The Bertz CT molecular complexity index is 1130. The smallest absolute Gasteiger partial charge is 0.189 e. The molecule has 32 heavy (non-hydrogen) atoms. The lowest BCUT2D eigenvalue weighted by Gasteiger charge is -2.13. The van der Waals surface area contributed by atoms with E-state index in [-0.39, 0.29) is 5.78 Å². The van der Waals surface area contributed by atoms with Crippen LogP contribution in [-0.2, 0) is 6.42 Å². The number of ether oxygens (including phenoxy) is 3. The average molecular weight is 431 g/mol. The Kier molecular flexibility index (Phi) is 6.57. The van der Waals surface area contributed by atoms with Gasteiger partial charge in [-0.2, -0.15) is 0 Å². The Morgan fingerprint density at radius 2 is 1.62 bits per heavy atom. The molecular formula is C27H26O5. The Morgan fingerprint density at radius 1 is 0.938 bits per heavy atom. The van der Waals surface area contributed by atoms with Gasteiger partial charge in [0.2, 0.25) is 0 Å². The van der Waals surface area contributed by atoms with Crippen molar-refractivity contribution in [2.75, 3.05) is 20.8 Å². The number of benzene rings is 3. The van der Waals surface area contributed by atoms with E-state index >= 15 is 0 Å². The van der Waals surface area contributed by atoms with Crippen molar-refractivity contribution in [2.45, 2.75) is 18.9 Å². The first-order valence-electron chi connectivity index (χ1n) is 10.6. The van der Waals surface area contributed by atoms with Crippen molar-refractivity contribution >= 4 is 11.9 Å². The fourth-order valence-electron chi connectivity index (χ4n) is 3.90. The zero-order chi connectivity index (χ0) is 22.5. The van der Waals surface area contributed by atoms with Crippen LogP contribution in [0.2, 0.25) is 0 Å². The number of Topliss-reactive ketones (excluding diaryl/α,β-unsaturated/α-hetero) is 1. The number of hydrogen-bond acceptors (Lipinski definition) is 5. The molecule has 0 aliphatic heterocycles. The van der Waals surface area contributed by atoms with Crippen molar-refractivity contribution < 1.29 is 24.1 Å². The minimum absolute atomic E-state index is 0.0183. The third-order valence-corrected chi connectivity index (χ3v) is 5.61. The number of aliphatic hydroxyl groups is 1. The number of carbonyl (C=O) groups excluding carboxylic acids is 1. The first kappa shape index (κ1) is 21.7. The van der Waals surface area contributed by atoms with Crippen molar-refractivity contribution in [2.24, 2.45) is 0 Å². The van der Waals surface area contributed by atoms with Gasteiger partial charge in [-0.05, 0) is 35.4 Å². The number of allylic oxidation sites excluding steroid dienone is 1. The van der Waals surface area contributed by atoms with Crippen LogP contribution in [0, 0.1) is 0 Å². The highest BCUT2D eigenvalue weighted by Crippen LogP contribution is 2.37. The molecule has 0 aromatic heterocycles. The molecule has 0 unspecified atom stereocenters. The topological polar surface area (TPSA) is 65.0 Å². The number of aliphatic hydroxyl groups excluding tert-OH is 1. The maximum atomic E-state index is 13.0. The molecule has 5 nitrogen and oxygen atoms in total. The summed E-state index contributed by atoms with van der Waals surface area (Å²) in [5.41, 5.74) is 3.95. The third kappa shape index (κ3) is 4.53. The summed E-state index contributed by atoms with van der Waals surface area (Å²) in [4.78, 5) is 13.0. The van der Waals surface area contributed by atoms with Gasteiger partial charge in [0.05, 0.1) is 26.9 Å². The largest absolute Gasteiger partial charge is 0.493 e. The number of ketones is 1. The average Bonchev–Trinajstić information content (AvgIpc) is 3.13. The lowest BCUT2D eigenvalue weighted by molar-refractivity contribution is 0.104. The number of carbonyl (C=O) groups is 1. The monoisotopic (exact) mass is 430 g/mol. The molecular weight excluding hydrogens is 404 g/mol. The molecule has 1 aliphatic rings. The summed E-state index contributed by atoms with van der Waals surface area (Å²) in [5.74, 6) is 1.82. The molecule has 0 spiro atoms. The standard InChI is InChI=1S/C27H26O5/c1-30-25-16-20-15-21(27(29)22(20)17-26(25)31-2)14-19-10-6-7-11-24(19)32-13-12-23(28)18-8-4-3-5-9-18/h3-11,14,16-17,23,28H,12-13,15H2,1-2H3/t23-/m1/s1. The van der Waals surface area contributed by atoms with Gasteiger partial charge >= 0.3 is 0 Å². The molecule has 0 saturated carbocycles. The minimum Gasteiger partial charge on any atom is -0.493 e. The van der Waals surface area contributed by atoms with Crippen LogP contribution >= 0.6 is 0 Å². The second-order valence-electron chi connectivity index (χ2n) is 7.64. The van der Waals surface area contributed by atoms with E-state index in [1.165, 1.54) is 0 Å². The number of methoxy groups -OCH3 is 2. The predicted octanol–water partition coefficient (Wildman–Crippen LogP) is 5.03. The summed E-state index contributed by atoms with van der Waals surface area (Å²) < 4.78 is 16.7. The molecule has 164 valence electrons.